The topological polar surface area (TPSA) is 29.5 Å². The zero-order chi connectivity index (χ0) is 11.5. The van der Waals surface area contributed by atoms with Gasteiger partial charge in [0.05, 0.1) is 0 Å². The van der Waals surface area contributed by atoms with E-state index in [0.29, 0.717) is 6.04 Å². The van der Waals surface area contributed by atoms with Gasteiger partial charge in [0.15, 0.2) is 0 Å². The number of amides is 1. The van der Waals surface area contributed by atoms with Gasteiger partial charge >= 0.3 is 103 Å². The molecule has 0 aromatic rings. The zero-order valence-corrected chi connectivity index (χ0v) is 13.2. The second-order valence-corrected chi connectivity index (χ2v) is 12.3. The van der Waals surface area contributed by atoms with Crippen LogP contribution in [-0.4, -0.2) is 55.9 Å². The van der Waals surface area contributed by atoms with Crippen LogP contribution in [0.1, 0.15) is 27.2 Å². The van der Waals surface area contributed by atoms with E-state index in [1.165, 1.54) is 10.6 Å². The summed E-state index contributed by atoms with van der Waals surface area (Å²) in [6, 6.07) is 0.426. The summed E-state index contributed by atoms with van der Waals surface area (Å²) >= 11 is 1.66. The Hall–Kier alpha value is 0.309. The molecule has 1 rings (SSSR count). The van der Waals surface area contributed by atoms with E-state index in [2.05, 4.69) is 0 Å². The van der Waals surface area contributed by atoms with Crippen molar-refractivity contribution in [3.8, 4) is 0 Å². The maximum atomic E-state index is 11.8. The molecule has 0 saturated carbocycles. The minimum absolute atomic E-state index is 0.169. The SMILES string of the molecule is CN(C(=O)OC(C)(C)C)C1CC[Se][Se]C1. The van der Waals surface area contributed by atoms with Gasteiger partial charge < -0.3 is 0 Å². The molecule has 1 heterocycles. The number of ether oxygens (including phenoxy) is 1. The summed E-state index contributed by atoms with van der Waals surface area (Å²) in [5.74, 6) is 0. The monoisotopic (exact) mass is 345 g/mol. The van der Waals surface area contributed by atoms with Crippen molar-refractivity contribution in [2.75, 3.05) is 7.05 Å². The van der Waals surface area contributed by atoms with Crippen LogP contribution in [0.25, 0.3) is 0 Å². The molecular weight excluding hydrogens is 324 g/mol. The Kier molecular flexibility index (Phi) is 4.98. The first-order chi connectivity index (χ1) is 6.90. The van der Waals surface area contributed by atoms with Gasteiger partial charge in [0.1, 0.15) is 0 Å². The van der Waals surface area contributed by atoms with Gasteiger partial charge in [0.2, 0.25) is 0 Å². The van der Waals surface area contributed by atoms with Gasteiger partial charge in [-0.05, 0) is 0 Å². The number of nitrogens with zero attached hydrogens (tertiary/aromatic N) is 1. The molecule has 1 saturated heterocycles. The fraction of sp³-hybridized carbons (Fsp3) is 0.900. The van der Waals surface area contributed by atoms with Crippen molar-refractivity contribution in [2.24, 2.45) is 0 Å². The minimum atomic E-state index is -0.380. The van der Waals surface area contributed by atoms with Gasteiger partial charge in [-0.3, -0.25) is 0 Å². The van der Waals surface area contributed by atoms with Crippen molar-refractivity contribution in [3.63, 3.8) is 0 Å². The Morgan fingerprint density at radius 1 is 1.40 bits per heavy atom. The standard InChI is InChI=1S/C10H19NO2Se2/c1-10(2,3)13-9(12)11(4)8-5-6-14-15-7-8/h8H,5-7H2,1-4H3. The molecular formula is C10H19NO2Se2. The van der Waals surface area contributed by atoms with Crippen LogP contribution in [0.2, 0.25) is 10.6 Å². The van der Waals surface area contributed by atoms with E-state index in [9.17, 15) is 4.79 Å². The van der Waals surface area contributed by atoms with Crippen molar-refractivity contribution >= 4 is 32.4 Å². The van der Waals surface area contributed by atoms with Crippen molar-refractivity contribution in [3.05, 3.63) is 0 Å². The molecule has 1 amide bonds. The van der Waals surface area contributed by atoms with Gasteiger partial charge in [0, 0.05) is 0 Å². The summed E-state index contributed by atoms with van der Waals surface area (Å²) in [6.45, 7) is 5.73. The quantitative estimate of drug-likeness (QED) is 0.680. The van der Waals surface area contributed by atoms with E-state index in [0.717, 1.165) is 32.7 Å². The molecule has 0 aliphatic carbocycles. The predicted molar refractivity (Wildman–Crippen MR) is 63.5 cm³/mol. The molecule has 1 aliphatic rings. The van der Waals surface area contributed by atoms with Crippen LogP contribution in [0.15, 0.2) is 0 Å². The normalized spacial score (nSPS) is 22.3. The van der Waals surface area contributed by atoms with Crippen molar-refractivity contribution in [1.82, 2.24) is 4.90 Å². The molecule has 15 heavy (non-hydrogen) atoms. The van der Waals surface area contributed by atoms with Crippen LogP contribution in [-0.2, 0) is 4.74 Å². The summed E-state index contributed by atoms with van der Waals surface area (Å²) in [6.07, 6.45) is 0.995. The molecule has 0 aromatic carbocycles. The van der Waals surface area contributed by atoms with Crippen molar-refractivity contribution < 1.29 is 9.53 Å². The number of hydrogen-bond donors (Lipinski definition) is 0. The van der Waals surface area contributed by atoms with E-state index < -0.39 is 0 Å². The number of carbonyl (C=O) groups is 1. The molecule has 0 radical (unpaired) electrons. The molecule has 88 valence electrons. The van der Waals surface area contributed by atoms with E-state index in [1.807, 2.05) is 27.8 Å². The predicted octanol–water partition coefficient (Wildman–Crippen LogP) is 1.79. The Morgan fingerprint density at radius 3 is 2.53 bits per heavy atom. The van der Waals surface area contributed by atoms with Crippen molar-refractivity contribution in [2.45, 2.75) is 49.5 Å². The Bertz CT molecular complexity index is 222. The molecule has 0 N–H and O–H groups in total. The van der Waals surface area contributed by atoms with E-state index in [4.69, 9.17) is 4.74 Å². The third kappa shape index (κ3) is 4.77. The summed E-state index contributed by atoms with van der Waals surface area (Å²) in [4.78, 5) is 13.6. The van der Waals surface area contributed by atoms with Crippen LogP contribution in [0.5, 0.6) is 0 Å². The molecule has 5 heteroatoms. The Balaban J connectivity index is 2.44. The molecule has 1 aliphatic heterocycles. The Labute approximate surface area is 103 Å². The third-order valence-electron chi connectivity index (χ3n) is 2.11. The van der Waals surface area contributed by atoms with Crippen LogP contribution >= 0.6 is 0 Å². The van der Waals surface area contributed by atoms with E-state index in [-0.39, 0.29) is 11.7 Å². The number of carbonyl (C=O) groups excluding carboxylic acids is 1. The second-order valence-electron chi connectivity index (χ2n) is 4.64. The van der Waals surface area contributed by atoms with Gasteiger partial charge in [-0.1, -0.05) is 0 Å². The van der Waals surface area contributed by atoms with Crippen LogP contribution in [0.4, 0.5) is 4.79 Å². The van der Waals surface area contributed by atoms with Gasteiger partial charge in [-0.15, -0.1) is 0 Å². The summed E-state index contributed by atoms with van der Waals surface area (Å²) in [5, 5.41) is 2.54. The van der Waals surface area contributed by atoms with Crippen molar-refractivity contribution in [1.29, 1.82) is 0 Å². The molecule has 0 bridgehead atoms. The van der Waals surface area contributed by atoms with Gasteiger partial charge in [0.25, 0.3) is 0 Å². The van der Waals surface area contributed by atoms with E-state index >= 15 is 0 Å². The first-order valence-corrected chi connectivity index (χ1v) is 11.9. The molecule has 0 spiro atoms. The number of hydrogen-bond acceptors (Lipinski definition) is 2. The first kappa shape index (κ1) is 13.4. The zero-order valence-electron chi connectivity index (χ0n) is 9.78. The third-order valence-corrected chi connectivity index (χ3v) is 9.51. The van der Waals surface area contributed by atoms with Gasteiger partial charge in [-0.2, -0.15) is 0 Å². The average Bonchev–Trinajstić information content (AvgIpc) is 2.15. The molecule has 1 fully saturated rings. The summed E-state index contributed by atoms with van der Waals surface area (Å²) in [7, 11) is 1.87. The fourth-order valence-corrected chi connectivity index (χ4v) is 8.71. The second kappa shape index (κ2) is 5.58. The first-order valence-electron chi connectivity index (χ1n) is 5.10. The van der Waals surface area contributed by atoms with Gasteiger partial charge in [-0.25, -0.2) is 0 Å². The molecule has 0 aromatic heterocycles. The molecule has 1 unspecified atom stereocenters. The van der Waals surface area contributed by atoms with Crippen LogP contribution in [0, 0.1) is 0 Å². The average molecular weight is 343 g/mol. The summed E-state index contributed by atoms with van der Waals surface area (Å²) in [5.41, 5.74) is -0.380. The van der Waals surface area contributed by atoms with Crippen LogP contribution in [0.3, 0.4) is 0 Å². The van der Waals surface area contributed by atoms with Crippen LogP contribution < -0.4 is 0 Å². The summed E-state index contributed by atoms with van der Waals surface area (Å²) < 4.78 is 5.35. The molecule has 1 atom stereocenters. The Morgan fingerprint density at radius 2 is 2.07 bits per heavy atom. The fourth-order valence-electron chi connectivity index (χ4n) is 1.24. The maximum absolute atomic E-state index is 11.8. The van der Waals surface area contributed by atoms with E-state index in [1.54, 1.807) is 4.90 Å². The number of rotatable bonds is 1. The molecule has 3 nitrogen and oxygen atoms in total.